The number of amides is 1. The number of aliphatic hydroxyl groups excluding tert-OH is 1. The Hall–Kier alpha value is -4.06. The van der Waals surface area contributed by atoms with Gasteiger partial charge in [-0.25, -0.2) is 0 Å². The summed E-state index contributed by atoms with van der Waals surface area (Å²) in [5, 5.41) is 11.4. The summed E-state index contributed by atoms with van der Waals surface area (Å²) in [7, 11) is 3.11. The highest BCUT2D eigenvalue weighted by atomic mass is 16.5. The quantitative estimate of drug-likeness (QED) is 0.322. The number of carbonyl (C=O) groups is 2. The molecule has 34 heavy (non-hydrogen) atoms. The molecule has 0 radical (unpaired) electrons. The predicted molar refractivity (Wildman–Crippen MR) is 131 cm³/mol. The van der Waals surface area contributed by atoms with Gasteiger partial charge in [0, 0.05) is 16.8 Å². The van der Waals surface area contributed by atoms with Crippen molar-refractivity contribution in [3.63, 3.8) is 0 Å². The second kappa shape index (κ2) is 9.06. The molecule has 3 aromatic carbocycles. The van der Waals surface area contributed by atoms with Crippen LogP contribution in [0, 0.1) is 20.8 Å². The van der Waals surface area contributed by atoms with Crippen LogP contribution in [-0.2, 0) is 9.59 Å². The summed E-state index contributed by atoms with van der Waals surface area (Å²) in [6, 6.07) is 17.2. The number of aryl methyl sites for hydroxylation is 3. The van der Waals surface area contributed by atoms with Gasteiger partial charge in [-0.2, -0.15) is 0 Å². The lowest BCUT2D eigenvalue weighted by Crippen LogP contribution is -2.30. The molecule has 0 saturated carbocycles. The van der Waals surface area contributed by atoms with Gasteiger partial charge in [-0.1, -0.05) is 35.9 Å². The molecular formula is C28H27NO5. The van der Waals surface area contributed by atoms with Gasteiger partial charge in [-0.3, -0.25) is 14.5 Å². The van der Waals surface area contributed by atoms with Crippen molar-refractivity contribution in [2.75, 3.05) is 19.1 Å². The van der Waals surface area contributed by atoms with Gasteiger partial charge in [0.2, 0.25) is 0 Å². The standard InChI is InChI=1S/C28H27NO5/c1-16-10-12-21(17(2)14-16)29-25(20-8-6-7-9-23(20)34-5)24(27(31)28(29)32)26(30)19-11-13-22(33-4)18(3)15-19/h6-15,25,30H,1-5H3/b26-24+. The van der Waals surface area contributed by atoms with E-state index in [0.29, 0.717) is 28.3 Å². The molecular weight excluding hydrogens is 430 g/mol. The molecule has 1 amide bonds. The molecule has 1 atom stereocenters. The lowest BCUT2D eigenvalue weighted by atomic mass is 9.93. The number of hydrogen-bond acceptors (Lipinski definition) is 5. The molecule has 6 nitrogen and oxygen atoms in total. The summed E-state index contributed by atoms with van der Waals surface area (Å²) >= 11 is 0. The highest BCUT2D eigenvalue weighted by Gasteiger charge is 2.48. The first kappa shape index (κ1) is 23.1. The van der Waals surface area contributed by atoms with Crippen LogP contribution in [0.1, 0.15) is 33.9 Å². The van der Waals surface area contributed by atoms with Crippen LogP contribution in [0.4, 0.5) is 5.69 Å². The number of ether oxygens (including phenoxy) is 2. The summed E-state index contributed by atoms with van der Waals surface area (Å²) in [6.45, 7) is 5.71. The average Bonchev–Trinajstić information content (AvgIpc) is 3.08. The third kappa shape index (κ3) is 3.81. The summed E-state index contributed by atoms with van der Waals surface area (Å²) in [5.74, 6) is -0.515. The van der Waals surface area contributed by atoms with E-state index in [0.717, 1.165) is 16.7 Å². The third-order valence-corrected chi connectivity index (χ3v) is 6.16. The van der Waals surface area contributed by atoms with Gasteiger partial charge in [0.25, 0.3) is 11.7 Å². The summed E-state index contributed by atoms with van der Waals surface area (Å²) in [4.78, 5) is 28.3. The van der Waals surface area contributed by atoms with Crippen LogP contribution in [0.5, 0.6) is 11.5 Å². The Kier molecular flexibility index (Phi) is 6.16. The van der Waals surface area contributed by atoms with Crippen LogP contribution < -0.4 is 14.4 Å². The summed E-state index contributed by atoms with van der Waals surface area (Å²) in [6.07, 6.45) is 0. The van der Waals surface area contributed by atoms with Crippen molar-refractivity contribution in [3.05, 3.63) is 94.1 Å². The molecule has 1 fully saturated rings. The van der Waals surface area contributed by atoms with E-state index in [1.807, 2.05) is 51.1 Å². The first-order valence-corrected chi connectivity index (χ1v) is 10.9. The molecule has 4 rings (SSSR count). The minimum Gasteiger partial charge on any atom is -0.507 e. The molecule has 1 unspecified atom stereocenters. The van der Waals surface area contributed by atoms with Crippen molar-refractivity contribution in [2.45, 2.75) is 26.8 Å². The molecule has 1 aliphatic rings. The topological polar surface area (TPSA) is 76.1 Å². The van der Waals surface area contributed by atoms with E-state index in [-0.39, 0.29) is 11.3 Å². The van der Waals surface area contributed by atoms with Crippen molar-refractivity contribution in [1.29, 1.82) is 0 Å². The zero-order chi connectivity index (χ0) is 24.6. The Bertz CT molecular complexity index is 1320. The zero-order valence-electron chi connectivity index (χ0n) is 19.9. The predicted octanol–water partition coefficient (Wildman–Crippen LogP) is 5.26. The Morgan fingerprint density at radius 2 is 1.56 bits per heavy atom. The van der Waals surface area contributed by atoms with E-state index >= 15 is 0 Å². The molecule has 0 aromatic heterocycles. The number of para-hydroxylation sites is 1. The van der Waals surface area contributed by atoms with E-state index in [2.05, 4.69) is 0 Å². The molecule has 1 saturated heterocycles. The van der Waals surface area contributed by atoms with Gasteiger partial charge in [-0.15, -0.1) is 0 Å². The highest BCUT2D eigenvalue weighted by Crippen LogP contribution is 2.45. The minimum atomic E-state index is -0.861. The first-order valence-electron chi connectivity index (χ1n) is 10.9. The zero-order valence-corrected chi connectivity index (χ0v) is 19.9. The molecule has 1 aliphatic heterocycles. The second-order valence-electron chi connectivity index (χ2n) is 8.39. The number of rotatable bonds is 5. The monoisotopic (exact) mass is 457 g/mol. The number of carbonyl (C=O) groups excluding carboxylic acids is 2. The maximum atomic E-state index is 13.4. The minimum absolute atomic E-state index is 0.0130. The largest absolute Gasteiger partial charge is 0.507 e. The molecule has 0 bridgehead atoms. The Morgan fingerprint density at radius 1 is 0.853 bits per heavy atom. The SMILES string of the molecule is COc1ccc(/C(O)=C2\C(=O)C(=O)N(c3ccc(C)cc3C)C2c2ccccc2OC)cc1C. The summed E-state index contributed by atoms with van der Waals surface area (Å²) < 4.78 is 10.9. The molecule has 0 spiro atoms. The molecule has 6 heteroatoms. The van der Waals surface area contributed by atoms with Gasteiger partial charge in [0.05, 0.1) is 25.8 Å². The number of methoxy groups -OCH3 is 2. The van der Waals surface area contributed by atoms with E-state index in [4.69, 9.17) is 9.47 Å². The van der Waals surface area contributed by atoms with Crippen molar-refractivity contribution in [2.24, 2.45) is 0 Å². The Morgan fingerprint density at radius 3 is 2.21 bits per heavy atom. The highest BCUT2D eigenvalue weighted by molar-refractivity contribution is 6.51. The van der Waals surface area contributed by atoms with E-state index in [9.17, 15) is 14.7 Å². The fourth-order valence-electron chi connectivity index (χ4n) is 4.52. The average molecular weight is 458 g/mol. The fourth-order valence-corrected chi connectivity index (χ4v) is 4.52. The van der Waals surface area contributed by atoms with Crippen molar-refractivity contribution in [1.82, 2.24) is 0 Å². The normalized spacial score (nSPS) is 17.2. The van der Waals surface area contributed by atoms with Gasteiger partial charge < -0.3 is 14.6 Å². The number of hydrogen-bond donors (Lipinski definition) is 1. The summed E-state index contributed by atoms with van der Waals surface area (Å²) in [5.41, 5.74) is 4.34. The number of benzene rings is 3. The van der Waals surface area contributed by atoms with Crippen molar-refractivity contribution in [3.8, 4) is 11.5 Å². The van der Waals surface area contributed by atoms with Crippen LogP contribution in [0.25, 0.3) is 5.76 Å². The molecule has 0 aliphatic carbocycles. The number of ketones is 1. The van der Waals surface area contributed by atoms with Gasteiger partial charge >= 0.3 is 0 Å². The molecule has 1 N–H and O–H groups in total. The number of anilines is 1. The fraction of sp³-hybridized carbons (Fsp3) is 0.214. The van der Waals surface area contributed by atoms with E-state index in [1.54, 1.807) is 37.4 Å². The number of nitrogens with zero attached hydrogens (tertiary/aromatic N) is 1. The van der Waals surface area contributed by atoms with Crippen LogP contribution in [-0.4, -0.2) is 31.0 Å². The smallest absolute Gasteiger partial charge is 0.300 e. The van der Waals surface area contributed by atoms with Crippen LogP contribution in [0.15, 0.2) is 66.2 Å². The van der Waals surface area contributed by atoms with Gasteiger partial charge in [0.15, 0.2) is 0 Å². The first-order chi connectivity index (χ1) is 16.3. The molecule has 1 heterocycles. The lowest BCUT2D eigenvalue weighted by molar-refractivity contribution is -0.132. The third-order valence-electron chi connectivity index (χ3n) is 6.16. The van der Waals surface area contributed by atoms with E-state index < -0.39 is 17.7 Å². The number of Topliss-reactive ketones (excluding diaryl/α,β-unsaturated/α-hetero) is 1. The molecule has 3 aromatic rings. The number of aliphatic hydroxyl groups is 1. The maximum absolute atomic E-state index is 13.4. The lowest BCUT2D eigenvalue weighted by Gasteiger charge is -2.28. The second-order valence-corrected chi connectivity index (χ2v) is 8.39. The Balaban J connectivity index is 2.00. The maximum Gasteiger partial charge on any atom is 0.300 e. The van der Waals surface area contributed by atoms with Crippen molar-refractivity contribution < 1.29 is 24.2 Å². The molecule has 174 valence electrons. The Labute approximate surface area is 199 Å². The van der Waals surface area contributed by atoms with Crippen LogP contribution in [0.2, 0.25) is 0 Å². The van der Waals surface area contributed by atoms with Crippen molar-refractivity contribution >= 4 is 23.1 Å². The van der Waals surface area contributed by atoms with Gasteiger partial charge in [-0.05, 0) is 62.2 Å². The van der Waals surface area contributed by atoms with Crippen LogP contribution in [0.3, 0.4) is 0 Å². The van der Waals surface area contributed by atoms with Crippen LogP contribution >= 0.6 is 0 Å². The van der Waals surface area contributed by atoms with Gasteiger partial charge in [0.1, 0.15) is 17.3 Å². The van der Waals surface area contributed by atoms with E-state index in [1.165, 1.54) is 12.0 Å².